The number of carbonyl (C=O) groups is 2. The van der Waals surface area contributed by atoms with E-state index >= 15 is 0 Å². The number of fused-ring (bicyclic) bond motifs is 1. The molecule has 1 aliphatic carbocycles. The second-order valence-electron chi connectivity index (χ2n) is 9.99. The van der Waals surface area contributed by atoms with Crippen molar-refractivity contribution < 1.29 is 24.2 Å². The molecule has 6 heteroatoms. The number of carbonyl (C=O) groups excluding carboxylic acids is 1. The van der Waals surface area contributed by atoms with Crippen LogP contribution in [0, 0.1) is 0 Å². The molecule has 0 aromatic heterocycles. The number of hydrogen-bond donors (Lipinski definition) is 1. The molecule has 1 amide bonds. The van der Waals surface area contributed by atoms with Crippen molar-refractivity contribution in [1.82, 2.24) is 4.90 Å². The van der Waals surface area contributed by atoms with Crippen molar-refractivity contribution in [3.63, 3.8) is 0 Å². The molecule has 2 unspecified atom stereocenters. The lowest BCUT2D eigenvalue weighted by Gasteiger charge is -2.47. The van der Waals surface area contributed by atoms with E-state index in [-0.39, 0.29) is 18.9 Å². The number of amides is 1. The van der Waals surface area contributed by atoms with Gasteiger partial charge < -0.3 is 14.6 Å². The number of carboxylic acids is 1. The number of nitrogens with zero attached hydrogens (tertiary/aromatic N) is 1. The third kappa shape index (κ3) is 4.86. The monoisotopic (exact) mass is 499 g/mol. The molecule has 0 saturated heterocycles. The van der Waals surface area contributed by atoms with Crippen LogP contribution in [-0.2, 0) is 32.8 Å². The van der Waals surface area contributed by atoms with E-state index in [2.05, 4.69) is 0 Å². The molecular weight excluding hydrogens is 466 g/mol. The maximum atomic E-state index is 14.7. The Hall–Kier alpha value is -3.64. The molecule has 1 saturated carbocycles. The van der Waals surface area contributed by atoms with Gasteiger partial charge in [0.2, 0.25) is 5.91 Å². The van der Waals surface area contributed by atoms with Gasteiger partial charge in [0.15, 0.2) is 6.23 Å². The molecule has 0 spiro atoms. The molecule has 0 radical (unpaired) electrons. The summed E-state index contributed by atoms with van der Waals surface area (Å²) in [4.78, 5) is 28.9. The molecule has 3 aromatic carbocycles. The molecule has 192 valence electrons. The van der Waals surface area contributed by atoms with E-state index in [1.54, 1.807) is 7.11 Å². The van der Waals surface area contributed by atoms with Crippen molar-refractivity contribution in [2.75, 3.05) is 7.11 Å². The SMILES string of the molecule is COc1ccc2c(c1)CC(C(=O)O)N(C(=O)C1(c3ccccc3)CCCCC1)C2OCc1ccccc1. The van der Waals surface area contributed by atoms with Gasteiger partial charge in [-0.05, 0) is 41.7 Å². The van der Waals surface area contributed by atoms with Gasteiger partial charge in [-0.3, -0.25) is 9.69 Å². The van der Waals surface area contributed by atoms with Crippen LogP contribution < -0.4 is 4.74 Å². The summed E-state index contributed by atoms with van der Waals surface area (Å²) in [6, 6.07) is 24.2. The molecule has 5 rings (SSSR count). The summed E-state index contributed by atoms with van der Waals surface area (Å²) in [7, 11) is 1.59. The van der Waals surface area contributed by atoms with Gasteiger partial charge in [0.1, 0.15) is 11.8 Å². The fourth-order valence-corrected chi connectivity index (χ4v) is 5.91. The predicted octanol–water partition coefficient (Wildman–Crippen LogP) is 5.65. The average Bonchev–Trinajstić information content (AvgIpc) is 2.96. The minimum absolute atomic E-state index is 0.162. The van der Waals surface area contributed by atoms with Gasteiger partial charge in [0, 0.05) is 12.0 Å². The summed E-state index contributed by atoms with van der Waals surface area (Å²) in [6.07, 6.45) is 3.68. The second kappa shape index (κ2) is 10.8. The number of aliphatic carboxylic acids is 1. The van der Waals surface area contributed by atoms with Gasteiger partial charge in [0.25, 0.3) is 0 Å². The molecule has 2 aliphatic rings. The second-order valence-corrected chi connectivity index (χ2v) is 9.99. The largest absolute Gasteiger partial charge is 0.497 e. The Bertz CT molecular complexity index is 1240. The van der Waals surface area contributed by atoms with Crippen molar-refractivity contribution in [3.05, 3.63) is 101 Å². The summed E-state index contributed by atoms with van der Waals surface area (Å²) in [5.41, 5.74) is 2.77. The molecular formula is C31H33NO5. The first-order valence-electron chi connectivity index (χ1n) is 13.0. The van der Waals surface area contributed by atoms with Crippen molar-refractivity contribution in [3.8, 4) is 5.75 Å². The Morgan fingerprint density at radius 3 is 2.27 bits per heavy atom. The number of rotatable bonds is 7. The number of benzene rings is 3. The molecule has 3 aromatic rings. The van der Waals surface area contributed by atoms with Crippen LogP contribution in [0.2, 0.25) is 0 Å². The number of ether oxygens (including phenoxy) is 2. The zero-order valence-electron chi connectivity index (χ0n) is 21.1. The maximum Gasteiger partial charge on any atom is 0.326 e. The minimum Gasteiger partial charge on any atom is -0.497 e. The summed E-state index contributed by atoms with van der Waals surface area (Å²) in [5.74, 6) is -0.544. The van der Waals surface area contributed by atoms with Crippen LogP contribution in [0.3, 0.4) is 0 Å². The Labute approximate surface area is 217 Å². The van der Waals surface area contributed by atoms with Crippen LogP contribution in [-0.4, -0.2) is 35.0 Å². The summed E-state index contributed by atoms with van der Waals surface area (Å²) >= 11 is 0. The van der Waals surface area contributed by atoms with Crippen molar-refractivity contribution in [1.29, 1.82) is 0 Å². The van der Waals surface area contributed by atoms with E-state index in [0.29, 0.717) is 18.6 Å². The van der Waals surface area contributed by atoms with Crippen LogP contribution in [0.1, 0.15) is 60.6 Å². The van der Waals surface area contributed by atoms with E-state index in [1.165, 1.54) is 4.90 Å². The van der Waals surface area contributed by atoms with Crippen molar-refractivity contribution >= 4 is 11.9 Å². The standard InChI is InChI=1S/C31H33NO5/c1-36-25-15-16-26-23(19-25)20-27(29(33)34)32(28(26)37-21-22-11-5-2-6-12-22)30(35)31(17-9-4-10-18-31)24-13-7-3-8-14-24/h2-3,5-8,11-16,19,27-28H,4,9-10,17-18,20-21H2,1H3,(H,33,34). The molecule has 0 bridgehead atoms. The van der Waals surface area contributed by atoms with E-state index in [1.807, 2.05) is 78.9 Å². The molecule has 1 N–H and O–H groups in total. The van der Waals surface area contributed by atoms with Gasteiger partial charge in [-0.25, -0.2) is 4.79 Å². The predicted molar refractivity (Wildman–Crippen MR) is 140 cm³/mol. The molecule has 1 heterocycles. The Morgan fingerprint density at radius 2 is 1.62 bits per heavy atom. The highest BCUT2D eigenvalue weighted by Crippen LogP contribution is 2.45. The minimum atomic E-state index is -1.05. The lowest BCUT2D eigenvalue weighted by Crippen LogP contribution is -2.58. The van der Waals surface area contributed by atoms with Crippen LogP contribution in [0.25, 0.3) is 0 Å². The van der Waals surface area contributed by atoms with E-state index in [9.17, 15) is 14.7 Å². The van der Waals surface area contributed by atoms with E-state index in [0.717, 1.165) is 41.5 Å². The molecule has 1 fully saturated rings. The van der Waals surface area contributed by atoms with Gasteiger partial charge >= 0.3 is 5.97 Å². The van der Waals surface area contributed by atoms with Crippen molar-refractivity contribution in [2.45, 2.75) is 62.8 Å². The highest BCUT2D eigenvalue weighted by Gasteiger charge is 2.50. The summed E-state index contributed by atoms with van der Waals surface area (Å²) in [5, 5.41) is 10.4. The smallest absolute Gasteiger partial charge is 0.326 e. The third-order valence-corrected chi connectivity index (χ3v) is 7.83. The van der Waals surface area contributed by atoms with Gasteiger partial charge in [-0.1, -0.05) is 86.0 Å². The Morgan fingerprint density at radius 1 is 0.946 bits per heavy atom. The lowest BCUT2D eigenvalue weighted by atomic mass is 9.68. The Balaban J connectivity index is 1.61. The lowest BCUT2D eigenvalue weighted by molar-refractivity contribution is -0.174. The van der Waals surface area contributed by atoms with Crippen LogP contribution in [0.4, 0.5) is 0 Å². The number of hydrogen-bond acceptors (Lipinski definition) is 4. The average molecular weight is 500 g/mol. The molecule has 2 atom stereocenters. The first-order valence-corrected chi connectivity index (χ1v) is 13.0. The van der Waals surface area contributed by atoms with E-state index < -0.39 is 23.7 Å². The van der Waals surface area contributed by atoms with Crippen LogP contribution >= 0.6 is 0 Å². The molecule has 6 nitrogen and oxygen atoms in total. The molecule has 1 aliphatic heterocycles. The highest BCUT2D eigenvalue weighted by atomic mass is 16.5. The number of carboxylic acid groups (broad SMARTS) is 1. The maximum absolute atomic E-state index is 14.7. The van der Waals surface area contributed by atoms with Crippen LogP contribution in [0.15, 0.2) is 78.9 Å². The van der Waals surface area contributed by atoms with Crippen LogP contribution in [0.5, 0.6) is 5.75 Å². The Kier molecular flexibility index (Phi) is 7.28. The summed E-state index contributed by atoms with van der Waals surface area (Å²) in [6.45, 7) is 0.255. The van der Waals surface area contributed by atoms with Gasteiger partial charge in [0.05, 0.1) is 19.1 Å². The zero-order valence-corrected chi connectivity index (χ0v) is 21.1. The first-order chi connectivity index (χ1) is 18.0. The van der Waals surface area contributed by atoms with E-state index in [4.69, 9.17) is 9.47 Å². The zero-order chi connectivity index (χ0) is 25.8. The highest BCUT2D eigenvalue weighted by molar-refractivity contribution is 5.92. The quantitative estimate of drug-likeness (QED) is 0.455. The normalized spacial score (nSPS) is 20.6. The first kappa shape index (κ1) is 25.0. The van der Waals surface area contributed by atoms with Gasteiger partial charge in [-0.2, -0.15) is 0 Å². The topological polar surface area (TPSA) is 76.1 Å². The fourth-order valence-electron chi connectivity index (χ4n) is 5.91. The summed E-state index contributed by atoms with van der Waals surface area (Å²) < 4.78 is 11.9. The van der Waals surface area contributed by atoms with Crippen molar-refractivity contribution in [2.24, 2.45) is 0 Å². The fraction of sp³-hybridized carbons (Fsp3) is 0.355. The molecule has 37 heavy (non-hydrogen) atoms. The van der Waals surface area contributed by atoms with Gasteiger partial charge in [-0.15, -0.1) is 0 Å². The number of methoxy groups -OCH3 is 1. The third-order valence-electron chi connectivity index (χ3n) is 7.83.